The van der Waals surface area contributed by atoms with Gasteiger partial charge in [-0.3, -0.25) is 9.59 Å². The molecule has 0 aromatic heterocycles. The van der Waals surface area contributed by atoms with Gasteiger partial charge in [-0.15, -0.1) is 0 Å². The van der Waals surface area contributed by atoms with Gasteiger partial charge in [-0.25, -0.2) is 0 Å². The van der Waals surface area contributed by atoms with Crippen LogP contribution in [0.3, 0.4) is 0 Å². The lowest BCUT2D eigenvalue weighted by atomic mass is 10.1. The Morgan fingerprint density at radius 2 is 1.94 bits per heavy atom. The van der Waals surface area contributed by atoms with Crippen LogP contribution in [0, 0.1) is 0 Å². The third kappa shape index (κ3) is 4.27. The summed E-state index contributed by atoms with van der Waals surface area (Å²) in [7, 11) is 1.48. The maximum absolute atomic E-state index is 12.1. The van der Waals surface area contributed by atoms with Crippen LogP contribution in [-0.2, 0) is 14.3 Å². The first kappa shape index (κ1) is 14.9. The number of hydrogen-bond acceptors (Lipinski definition) is 4. The maximum atomic E-state index is 12.1. The second-order valence-electron chi connectivity index (χ2n) is 4.68. The normalized spacial score (nSPS) is 19.2. The van der Waals surface area contributed by atoms with E-state index < -0.39 is 12.1 Å². The topological polar surface area (TPSA) is 84.7 Å². The van der Waals surface area contributed by atoms with Crippen molar-refractivity contribution >= 4 is 11.8 Å². The molecule has 1 heterocycles. The molecule has 1 aliphatic heterocycles. The van der Waals surface area contributed by atoms with E-state index in [0.29, 0.717) is 0 Å². The van der Waals surface area contributed by atoms with Gasteiger partial charge in [0.05, 0.1) is 6.61 Å². The number of likely N-dealkylation sites (tertiary alicyclic amines) is 1. The maximum Gasteiger partial charge on any atom is 0.244 e. The van der Waals surface area contributed by atoms with Crippen molar-refractivity contribution in [2.45, 2.75) is 38.3 Å². The first-order valence-corrected chi connectivity index (χ1v) is 6.40. The van der Waals surface area contributed by atoms with Crippen LogP contribution in [0.1, 0.15) is 26.2 Å². The van der Waals surface area contributed by atoms with Gasteiger partial charge in [-0.1, -0.05) is 0 Å². The minimum atomic E-state index is -0.730. The monoisotopic (exact) mass is 257 g/mol. The fourth-order valence-electron chi connectivity index (χ4n) is 2.03. The number of methoxy groups -OCH3 is 1. The van der Waals surface area contributed by atoms with Gasteiger partial charge in [0.2, 0.25) is 11.8 Å². The zero-order chi connectivity index (χ0) is 13.5. The van der Waals surface area contributed by atoms with Gasteiger partial charge >= 0.3 is 0 Å². The number of piperidine rings is 1. The molecule has 1 rings (SSSR count). The summed E-state index contributed by atoms with van der Waals surface area (Å²) in [6, 6.07) is -1.26. The second kappa shape index (κ2) is 7.33. The molecule has 0 bridgehead atoms. The van der Waals surface area contributed by atoms with Crippen LogP contribution in [-0.4, -0.2) is 55.6 Å². The number of carbonyl (C=O) groups is 2. The Balaban J connectivity index is 2.41. The van der Waals surface area contributed by atoms with Crippen LogP contribution in [0.5, 0.6) is 0 Å². The number of hydrogen-bond donors (Lipinski definition) is 2. The molecule has 1 fully saturated rings. The van der Waals surface area contributed by atoms with Gasteiger partial charge in [0, 0.05) is 20.2 Å². The van der Waals surface area contributed by atoms with Gasteiger partial charge in [-0.05, 0) is 26.2 Å². The average molecular weight is 257 g/mol. The fourth-order valence-corrected chi connectivity index (χ4v) is 2.03. The Bertz CT molecular complexity index is 290. The summed E-state index contributed by atoms with van der Waals surface area (Å²) < 4.78 is 4.80. The van der Waals surface area contributed by atoms with Crippen LogP contribution in [0.4, 0.5) is 0 Å². The van der Waals surface area contributed by atoms with Gasteiger partial charge in [0.1, 0.15) is 12.1 Å². The number of carbonyl (C=O) groups excluding carboxylic acids is 2. The molecule has 1 saturated heterocycles. The van der Waals surface area contributed by atoms with Crippen LogP contribution in [0.25, 0.3) is 0 Å². The SMILES string of the molecule is COCC(N)C(=O)NC(C)C(=O)N1CCCCC1. The highest BCUT2D eigenvalue weighted by atomic mass is 16.5. The minimum absolute atomic E-state index is 0.0346. The highest BCUT2D eigenvalue weighted by Gasteiger charge is 2.24. The Morgan fingerprint density at radius 3 is 2.50 bits per heavy atom. The van der Waals surface area contributed by atoms with Crippen molar-refractivity contribution in [3.05, 3.63) is 0 Å². The zero-order valence-corrected chi connectivity index (χ0v) is 11.1. The fraction of sp³-hybridized carbons (Fsp3) is 0.833. The summed E-state index contributed by atoms with van der Waals surface area (Å²) >= 11 is 0. The molecule has 0 aromatic carbocycles. The molecular formula is C12H23N3O3. The lowest BCUT2D eigenvalue weighted by Gasteiger charge is -2.29. The van der Waals surface area contributed by atoms with E-state index in [1.54, 1.807) is 11.8 Å². The zero-order valence-electron chi connectivity index (χ0n) is 11.1. The molecule has 18 heavy (non-hydrogen) atoms. The third-order valence-corrected chi connectivity index (χ3v) is 3.08. The largest absolute Gasteiger partial charge is 0.383 e. The van der Waals surface area contributed by atoms with Crippen molar-refractivity contribution in [1.82, 2.24) is 10.2 Å². The quantitative estimate of drug-likeness (QED) is 0.694. The molecular weight excluding hydrogens is 234 g/mol. The lowest BCUT2D eigenvalue weighted by molar-refractivity contribution is -0.137. The first-order chi connectivity index (χ1) is 8.56. The van der Waals surface area contributed by atoms with Crippen LogP contribution in [0.2, 0.25) is 0 Å². The predicted molar refractivity (Wildman–Crippen MR) is 67.9 cm³/mol. The summed E-state index contributed by atoms with van der Waals surface area (Å²) in [5.41, 5.74) is 5.59. The highest BCUT2D eigenvalue weighted by Crippen LogP contribution is 2.09. The molecule has 2 amide bonds. The van der Waals surface area contributed by atoms with Crippen LogP contribution >= 0.6 is 0 Å². The minimum Gasteiger partial charge on any atom is -0.383 e. The summed E-state index contributed by atoms with van der Waals surface area (Å²) in [5.74, 6) is -0.387. The molecule has 0 aliphatic carbocycles. The molecule has 6 heteroatoms. The first-order valence-electron chi connectivity index (χ1n) is 6.40. The highest BCUT2D eigenvalue weighted by molar-refractivity contribution is 5.89. The van der Waals surface area contributed by atoms with E-state index >= 15 is 0 Å². The Hall–Kier alpha value is -1.14. The van der Waals surface area contributed by atoms with Gasteiger partial charge < -0.3 is 20.7 Å². The van der Waals surface area contributed by atoms with Crippen molar-refractivity contribution in [3.8, 4) is 0 Å². The van der Waals surface area contributed by atoms with Crippen molar-refractivity contribution < 1.29 is 14.3 Å². The van der Waals surface area contributed by atoms with Gasteiger partial charge in [-0.2, -0.15) is 0 Å². The average Bonchev–Trinajstić information content (AvgIpc) is 2.39. The standard InChI is InChI=1S/C12H23N3O3/c1-9(14-11(16)10(13)8-18-2)12(17)15-6-4-3-5-7-15/h9-10H,3-8,13H2,1-2H3,(H,14,16). The Kier molecular flexibility index (Phi) is 6.07. The molecule has 0 spiro atoms. The van der Waals surface area contributed by atoms with Crippen molar-refractivity contribution in [3.63, 3.8) is 0 Å². The number of nitrogens with two attached hydrogens (primary N) is 1. The summed E-state index contributed by atoms with van der Waals surface area (Å²) in [6.45, 7) is 3.40. The molecule has 1 aliphatic rings. The number of nitrogens with zero attached hydrogens (tertiary/aromatic N) is 1. The molecule has 0 saturated carbocycles. The third-order valence-electron chi connectivity index (χ3n) is 3.08. The van der Waals surface area contributed by atoms with Crippen LogP contribution in [0.15, 0.2) is 0 Å². The number of ether oxygens (including phenoxy) is 1. The number of rotatable bonds is 5. The van der Waals surface area contributed by atoms with E-state index in [0.717, 1.165) is 25.9 Å². The van der Waals surface area contributed by atoms with Crippen molar-refractivity contribution in [1.29, 1.82) is 0 Å². The van der Waals surface area contributed by atoms with E-state index in [1.165, 1.54) is 13.5 Å². The van der Waals surface area contributed by atoms with E-state index in [-0.39, 0.29) is 18.4 Å². The summed E-state index contributed by atoms with van der Waals surface area (Å²) in [6.07, 6.45) is 3.24. The molecule has 0 aromatic rings. The molecule has 2 unspecified atom stereocenters. The van der Waals surface area contributed by atoms with E-state index in [9.17, 15) is 9.59 Å². The lowest BCUT2D eigenvalue weighted by Crippen LogP contribution is -2.53. The molecule has 2 atom stereocenters. The molecule has 0 radical (unpaired) electrons. The van der Waals surface area contributed by atoms with Crippen molar-refractivity contribution in [2.75, 3.05) is 26.8 Å². The van der Waals surface area contributed by atoms with Crippen molar-refractivity contribution in [2.24, 2.45) is 5.73 Å². The predicted octanol–water partition coefficient (Wildman–Crippen LogP) is -0.523. The number of nitrogens with one attached hydrogen (secondary N) is 1. The molecule has 104 valence electrons. The number of amides is 2. The Labute approximate surface area is 108 Å². The Morgan fingerprint density at radius 1 is 1.33 bits per heavy atom. The molecule has 6 nitrogen and oxygen atoms in total. The summed E-state index contributed by atoms with van der Waals surface area (Å²) in [5, 5.41) is 2.63. The van der Waals surface area contributed by atoms with E-state index in [2.05, 4.69) is 5.32 Å². The second-order valence-corrected chi connectivity index (χ2v) is 4.68. The van der Waals surface area contributed by atoms with E-state index in [4.69, 9.17) is 10.5 Å². The van der Waals surface area contributed by atoms with E-state index in [1.807, 2.05) is 0 Å². The van der Waals surface area contributed by atoms with Crippen LogP contribution < -0.4 is 11.1 Å². The van der Waals surface area contributed by atoms with Gasteiger partial charge in [0.15, 0.2) is 0 Å². The van der Waals surface area contributed by atoms with Gasteiger partial charge in [0.25, 0.3) is 0 Å². The smallest absolute Gasteiger partial charge is 0.244 e. The molecule has 3 N–H and O–H groups in total. The summed E-state index contributed by atoms with van der Waals surface area (Å²) in [4.78, 5) is 25.5.